The molecule has 0 heterocycles. The molecule has 0 saturated heterocycles. The molecular weight excluding hydrogens is 351 g/mol. The summed E-state index contributed by atoms with van der Waals surface area (Å²) in [6.45, 7) is 1.63. The van der Waals surface area contributed by atoms with E-state index in [1.807, 2.05) is 0 Å². The molecule has 0 aliphatic carbocycles. The number of hydrogen-bond acceptors (Lipinski definition) is 6. The number of benzene rings is 2. The summed E-state index contributed by atoms with van der Waals surface area (Å²) >= 11 is 0. The number of hydroxylamine groups is 1. The predicted molar refractivity (Wildman–Crippen MR) is 88.0 cm³/mol. The molecular formula is C16H19FN2O5S. The van der Waals surface area contributed by atoms with Gasteiger partial charge in [-0.3, -0.25) is 0 Å². The summed E-state index contributed by atoms with van der Waals surface area (Å²) in [7, 11) is -2.64. The Morgan fingerprint density at radius 1 is 1.12 bits per heavy atom. The Kier molecular flexibility index (Phi) is 6.09. The van der Waals surface area contributed by atoms with E-state index in [1.54, 1.807) is 36.7 Å². The van der Waals surface area contributed by atoms with E-state index in [9.17, 15) is 17.9 Å². The summed E-state index contributed by atoms with van der Waals surface area (Å²) in [4.78, 5) is -0.214. The van der Waals surface area contributed by atoms with Crippen LogP contribution in [0, 0.1) is 5.82 Å². The van der Waals surface area contributed by atoms with Gasteiger partial charge in [-0.05, 0) is 36.2 Å². The monoisotopic (exact) mass is 370 g/mol. The van der Waals surface area contributed by atoms with Crippen LogP contribution in [0.25, 0.3) is 0 Å². The van der Waals surface area contributed by atoms with Crippen LogP contribution in [0.4, 0.5) is 4.39 Å². The highest BCUT2D eigenvalue weighted by molar-refractivity contribution is 7.89. The first-order chi connectivity index (χ1) is 11.8. The molecule has 2 aromatic carbocycles. The molecule has 136 valence electrons. The molecule has 0 aromatic heterocycles. The van der Waals surface area contributed by atoms with Crippen molar-refractivity contribution in [3.05, 3.63) is 59.4 Å². The molecule has 0 spiro atoms. The third-order valence-corrected chi connectivity index (χ3v) is 5.18. The average molecular weight is 370 g/mol. The zero-order chi connectivity index (χ0) is 18.6. The second-order valence-corrected chi connectivity index (χ2v) is 7.05. The van der Waals surface area contributed by atoms with Crippen molar-refractivity contribution < 1.29 is 27.9 Å². The van der Waals surface area contributed by atoms with Gasteiger partial charge in [0.05, 0.1) is 12.0 Å². The molecule has 0 saturated carbocycles. The van der Waals surface area contributed by atoms with Crippen molar-refractivity contribution in [1.82, 2.24) is 10.2 Å². The van der Waals surface area contributed by atoms with Gasteiger partial charge in [-0.25, -0.2) is 17.5 Å². The van der Waals surface area contributed by atoms with Crippen molar-refractivity contribution in [3.8, 4) is 5.75 Å². The molecule has 2 atom stereocenters. The minimum atomic E-state index is -3.93. The van der Waals surface area contributed by atoms with Gasteiger partial charge in [-0.15, -0.1) is 0 Å². The zero-order valence-electron chi connectivity index (χ0n) is 13.6. The van der Waals surface area contributed by atoms with E-state index >= 15 is 0 Å². The summed E-state index contributed by atoms with van der Waals surface area (Å²) in [5.41, 5.74) is 2.75. The lowest BCUT2D eigenvalue weighted by atomic mass is 10.1. The third kappa shape index (κ3) is 4.53. The van der Waals surface area contributed by atoms with E-state index in [0.717, 1.165) is 6.07 Å². The first-order valence-electron chi connectivity index (χ1n) is 7.32. The molecule has 7 nitrogen and oxygen atoms in total. The van der Waals surface area contributed by atoms with E-state index in [-0.39, 0.29) is 10.6 Å². The van der Waals surface area contributed by atoms with Crippen LogP contribution in [-0.4, -0.2) is 25.8 Å². The molecule has 0 fully saturated rings. The molecule has 25 heavy (non-hydrogen) atoms. The first-order valence-corrected chi connectivity index (χ1v) is 8.80. The van der Waals surface area contributed by atoms with Crippen LogP contribution in [-0.2, 0) is 10.0 Å². The molecule has 0 amide bonds. The zero-order valence-corrected chi connectivity index (χ0v) is 14.4. The van der Waals surface area contributed by atoms with Crippen molar-refractivity contribution in [2.75, 3.05) is 7.11 Å². The Balaban J connectivity index is 2.18. The van der Waals surface area contributed by atoms with Crippen molar-refractivity contribution >= 4 is 10.0 Å². The van der Waals surface area contributed by atoms with Gasteiger partial charge in [0.2, 0.25) is 10.0 Å². The quantitative estimate of drug-likeness (QED) is 0.438. The Morgan fingerprint density at radius 2 is 1.72 bits per heavy atom. The second-order valence-electron chi connectivity index (χ2n) is 5.34. The molecule has 0 radical (unpaired) electrons. The maximum atomic E-state index is 13.7. The van der Waals surface area contributed by atoms with E-state index in [0.29, 0.717) is 11.1 Å². The lowest BCUT2D eigenvalue weighted by molar-refractivity contribution is 0.000689. The number of aliphatic hydroxyl groups is 1. The SMILES string of the molecule is COc1ccc(S(=O)(=O)NC(C)c2ccc(C(O)NO)cc2)cc1F. The maximum Gasteiger partial charge on any atom is 0.241 e. The lowest BCUT2D eigenvalue weighted by Crippen LogP contribution is -2.27. The molecule has 0 aliphatic heterocycles. The molecule has 9 heteroatoms. The molecule has 4 N–H and O–H groups in total. The highest BCUT2D eigenvalue weighted by atomic mass is 32.2. The number of sulfonamides is 1. The van der Waals surface area contributed by atoms with Gasteiger partial charge in [0, 0.05) is 6.04 Å². The van der Waals surface area contributed by atoms with Crippen molar-refractivity contribution in [2.45, 2.75) is 24.1 Å². The normalized spacial score (nSPS) is 14.1. The first kappa shape index (κ1) is 19.3. The minimum absolute atomic E-state index is 0.0429. The van der Waals surface area contributed by atoms with Gasteiger partial charge in [-0.2, -0.15) is 5.48 Å². The van der Waals surface area contributed by atoms with E-state index in [1.165, 1.54) is 19.2 Å². The second kappa shape index (κ2) is 7.89. The van der Waals surface area contributed by atoms with Crippen LogP contribution in [0.5, 0.6) is 5.75 Å². The van der Waals surface area contributed by atoms with E-state index < -0.39 is 28.1 Å². The molecule has 0 aliphatic rings. The smallest absolute Gasteiger partial charge is 0.241 e. The number of nitrogens with one attached hydrogen (secondary N) is 2. The Bertz CT molecular complexity index is 827. The van der Waals surface area contributed by atoms with Gasteiger partial charge in [-0.1, -0.05) is 24.3 Å². The number of halogens is 1. The molecule has 2 aromatic rings. The number of ether oxygens (including phenoxy) is 1. The third-order valence-electron chi connectivity index (χ3n) is 3.64. The molecule has 2 rings (SSSR count). The summed E-state index contributed by atoms with van der Waals surface area (Å²) in [6.07, 6.45) is -1.23. The average Bonchev–Trinajstić information content (AvgIpc) is 2.60. The number of aliphatic hydroxyl groups excluding tert-OH is 1. The van der Waals surface area contributed by atoms with Crippen LogP contribution >= 0.6 is 0 Å². The number of rotatable bonds is 7. The van der Waals surface area contributed by atoms with E-state index in [4.69, 9.17) is 9.94 Å². The Hall–Kier alpha value is -2.04. The van der Waals surface area contributed by atoms with Crippen LogP contribution in [0.1, 0.15) is 30.3 Å². The topological polar surface area (TPSA) is 108 Å². The van der Waals surface area contributed by atoms with Gasteiger partial charge < -0.3 is 15.1 Å². The van der Waals surface area contributed by atoms with Crippen molar-refractivity contribution in [1.29, 1.82) is 0 Å². The summed E-state index contributed by atoms with van der Waals surface area (Å²) in [5, 5.41) is 18.1. The fraction of sp³-hybridized carbons (Fsp3) is 0.250. The fourth-order valence-corrected chi connectivity index (χ4v) is 3.47. The maximum absolute atomic E-state index is 13.7. The molecule has 0 bridgehead atoms. The summed E-state index contributed by atoms with van der Waals surface area (Å²) < 4.78 is 45.7. The van der Waals surface area contributed by atoms with Crippen molar-refractivity contribution in [2.24, 2.45) is 0 Å². The largest absolute Gasteiger partial charge is 0.494 e. The fourth-order valence-electron chi connectivity index (χ4n) is 2.22. The summed E-state index contributed by atoms with van der Waals surface area (Å²) in [6, 6.07) is 9.09. The van der Waals surface area contributed by atoms with Gasteiger partial charge >= 0.3 is 0 Å². The standard InChI is InChI=1S/C16H19FN2O5S/c1-10(11-3-5-12(6-4-11)16(20)18-21)19-25(22,23)13-7-8-15(24-2)14(17)9-13/h3-10,16,18-21H,1-2H3. The highest BCUT2D eigenvalue weighted by Gasteiger charge is 2.20. The number of hydrogen-bond donors (Lipinski definition) is 4. The molecule has 2 unspecified atom stereocenters. The van der Waals surface area contributed by atoms with Crippen LogP contribution < -0.4 is 14.9 Å². The Labute approximate surface area is 145 Å². The van der Waals surface area contributed by atoms with Gasteiger partial charge in [0.15, 0.2) is 17.8 Å². The lowest BCUT2D eigenvalue weighted by Gasteiger charge is -2.16. The minimum Gasteiger partial charge on any atom is -0.494 e. The number of methoxy groups -OCH3 is 1. The summed E-state index contributed by atoms with van der Waals surface area (Å²) in [5.74, 6) is -0.813. The highest BCUT2D eigenvalue weighted by Crippen LogP contribution is 2.23. The Morgan fingerprint density at radius 3 is 2.24 bits per heavy atom. The van der Waals surface area contributed by atoms with Crippen LogP contribution in [0.3, 0.4) is 0 Å². The van der Waals surface area contributed by atoms with Crippen LogP contribution in [0.2, 0.25) is 0 Å². The van der Waals surface area contributed by atoms with Crippen LogP contribution in [0.15, 0.2) is 47.4 Å². The van der Waals surface area contributed by atoms with Gasteiger partial charge in [0.25, 0.3) is 0 Å². The van der Waals surface area contributed by atoms with Gasteiger partial charge in [0.1, 0.15) is 0 Å². The van der Waals surface area contributed by atoms with E-state index in [2.05, 4.69) is 4.72 Å². The van der Waals surface area contributed by atoms with Crippen molar-refractivity contribution in [3.63, 3.8) is 0 Å². The predicted octanol–water partition coefficient (Wildman–Crippen LogP) is 1.84.